The first-order valence-corrected chi connectivity index (χ1v) is 7.94. The van der Waals surface area contributed by atoms with Crippen molar-refractivity contribution in [2.75, 3.05) is 14.2 Å². The summed E-state index contributed by atoms with van der Waals surface area (Å²) in [6.07, 6.45) is 5.60. The maximum absolute atomic E-state index is 11.5. The van der Waals surface area contributed by atoms with Crippen LogP contribution in [0.4, 0.5) is 0 Å². The highest BCUT2D eigenvalue weighted by atomic mass is 16.5. The monoisotopic (exact) mass is 289 g/mol. The molecule has 3 heteroatoms. The summed E-state index contributed by atoms with van der Waals surface area (Å²) in [7, 11) is 3.65. The van der Waals surface area contributed by atoms with Crippen LogP contribution < -0.4 is 0 Å². The molecule has 3 nitrogen and oxygen atoms in total. The summed E-state index contributed by atoms with van der Waals surface area (Å²) in [5, 5.41) is 0. The van der Waals surface area contributed by atoms with Crippen molar-refractivity contribution in [3.8, 4) is 0 Å². The number of carbonyl (C=O) groups excluding carboxylic acids is 1. The second-order valence-corrected chi connectivity index (χ2v) is 6.35. The van der Waals surface area contributed by atoms with Crippen LogP contribution in [0.25, 0.3) is 0 Å². The molecule has 0 aliphatic heterocycles. The fraction of sp³-hybridized carbons (Fsp3) is 0.611. The van der Waals surface area contributed by atoms with Gasteiger partial charge in [-0.25, -0.2) is 0 Å². The summed E-state index contributed by atoms with van der Waals surface area (Å²) in [6.45, 7) is 3.26. The zero-order valence-electron chi connectivity index (χ0n) is 13.5. The van der Waals surface area contributed by atoms with E-state index in [4.69, 9.17) is 4.74 Å². The van der Waals surface area contributed by atoms with Crippen LogP contribution in [0.3, 0.4) is 0 Å². The van der Waals surface area contributed by atoms with Gasteiger partial charge < -0.3 is 4.74 Å². The van der Waals surface area contributed by atoms with E-state index >= 15 is 0 Å². The Hall–Kier alpha value is -1.35. The van der Waals surface area contributed by atoms with E-state index < -0.39 is 0 Å². The van der Waals surface area contributed by atoms with Gasteiger partial charge in [0.25, 0.3) is 0 Å². The van der Waals surface area contributed by atoms with Crippen molar-refractivity contribution in [1.29, 1.82) is 0 Å². The molecule has 116 valence electrons. The molecule has 0 spiro atoms. The zero-order valence-corrected chi connectivity index (χ0v) is 13.5. The molecular formula is C18H27NO2. The molecule has 0 unspecified atom stereocenters. The molecular weight excluding hydrogens is 262 g/mol. The second-order valence-electron chi connectivity index (χ2n) is 6.35. The molecule has 1 aromatic carbocycles. The molecule has 0 atom stereocenters. The zero-order chi connectivity index (χ0) is 15.2. The standard InChI is InChI=1S/C18H27NO2/c1-14-8-10-17(11-9-14)19(2)13-16-7-5-4-6-15(16)12-18(20)21-3/h4-7,14,17H,8-13H2,1-3H3. The minimum Gasteiger partial charge on any atom is -0.469 e. The normalized spacial score (nSPS) is 22.3. The number of carbonyl (C=O) groups is 1. The Bertz CT molecular complexity index is 464. The Labute approximate surface area is 128 Å². The number of esters is 1. The first kappa shape index (κ1) is 16.0. The van der Waals surface area contributed by atoms with Crippen LogP contribution in [0, 0.1) is 5.92 Å². The Balaban J connectivity index is 2.00. The highest BCUT2D eigenvalue weighted by Gasteiger charge is 2.22. The molecule has 0 aromatic heterocycles. The molecule has 0 heterocycles. The molecule has 2 rings (SSSR count). The maximum atomic E-state index is 11.5. The third kappa shape index (κ3) is 4.57. The summed E-state index contributed by atoms with van der Waals surface area (Å²) in [6, 6.07) is 8.87. The summed E-state index contributed by atoms with van der Waals surface area (Å²) >= 11 is 0. The lowest BCUT2D eigenvalue weighted by molar-refractivity contribution is -0.139. The Morgan fingerprint density at radius 1 is 1.19 bits per heavy atom. The van der Waals surface area contributed by atoms with E-state index in [0.717, 1.165) is 18.0 Å². The molecule has 0 amide bonds. The topological polar surface area (TPSA) is 29.5 Å². The average Bonchev–Trinajstić information content (AvgIpc) is 2.49. The molecule has 0 saturated heterocycles. The molecule has 1 saturated carbocycles. The third-order valence-electron chi connectivity index (χ3n) is 4.71. The van der Waals surface area contributed by atoms with Crippen molar-refractivity contribution in [3.05, 3.63) is 35.4 Å². The SMILES string of the molecule is COC(=O)Cc1ccccc1CN(C)C1CCC(C)CC1. The fourth-order valence-corrected chi connectivity index (χ4v) is 3.19. The van der Waals surface area contributed by atoms with Crippen molar-refractivity contribution < 1.29 is 9.53 Å². The molecule has 0 N–H and O–H groups in total. The van der Waals surface area contributed by atoms with Gasteiger partial charge in [0.15, 0.2) is 0 Å². The number of hydrogen-bond donors (Lipinski definition) is 0. The van der Waals surface area contributed by atoms with Crippen LogP contribution in [0.1, 0.15) is 43.7 Å². The first-order chi connectivity index (χ1) is 10.1. The summed E-state index contributed by atoms with van der Waals surface area (Å²) < 4.78 is 4.79. The van der Waals surface area contributed by atoms with Crippen molar-refractivity contribution in [1.82, 2.24) is 4.90 Å². The number of hydrogen-bond acceptors (Lipinski definition) is 3. The van der Waals surface area contributed by atoms with Crippen LogP contribution in [0.5, 0.6) is 0 Å². The third-order valence-corrected chi connectivity index (χ3v) is 4.71. The number of benzene rings is 1. The highest BCUT2D eigenvalue weighted by Crippen LogP contribution is 2.27. The van der Waals surface area contributed by atoms with Gasteiger partial charge in [0.05, 0.1) is 13.5 Å². The van der Waals surface area contributed by atoms with Crippen molar-refractivity contribution in [3.63, 3.8) is 0 Å². The summed E-state index contributed by atoms with van der Waals surface area (Å²) in [5.41, 5.74) is 2.32. The highest BCUT2D eigenvalue weighted by molar-refractivity contribution is 5.72. The first-order valence-electron chi connectivity index (χ1n) is 7.94. The van der Waals surface area contributed by atoms with Crippen LogP contribution in [-0.4, -0.2) is 31.1 Å². The van der Waals surface area contributed by atoms with E-state index in [1.54, 1.807) is 0 Å². The summed E-state index contributed by atoms with van der Waals surface area (Å²) in [5.74, 6) is 0.706. The van der Waals surface area contributed by atoms with Gasteiger partial charge in [0, 0.05) is 12.6 Å². The predicted molar refractivity (Wildman–Crippen MR) is 85.0 cm³/mol. The van der Waals surface area contributed by atoms with Gasteiger partial charge in [0.2, 0.25) is 0 Å². The van der Waals surface area contributed by atoms with Gasteiger partial charge in [-0.15, -0.1) is 0 Å². The number of nitrogens with zero attached hydrogens (tertiary/aromatic N) is 1. The minimum atomic E-state index is -0.170. The van der Waals surface area contributed by atoms with E-state index in [1.807, 2.05) is 18.2 Å². The van der Waals surface area contributed by atoms with Crippen molar-refractivity contribution >= 4 is 5.97 Å². The molecule has 0 radical (unpaired) electrons. The van der Waals surface area contributed by atoms with E-state index in [0.29, 0.717) is 12.5 Å². The van der Waals surface area contributed by atoms with Gasteiger partial charge >= 0.3 is 5.97 Å². The lowest BCUT2D eigenvalue weighted by Crippen LogP contribution is -2.34. The van der Waals surface area contributed by atoms with Crippen LogP contribution >= 0.6 is 0 Å². The Morgan fingerprint density at radius 3 is 2.43 bits per heavy atom. The quantitative estimate of drug-likeness (QED) is 0.778. The lowest BCUT2D eigenvalue weighted by Gasteiger charge is -2.34. The van der Waals surface area contributed by atoms with Gasteiger partial charge in [-0.2, -0.15) is 0 Å². The van der Waals surface area contributed by atoms with Gasteiger partial charge in [0.1, 0.15) is 0 Å². The van der Waals surface area contributed by atoms with E-state index in [9.17, 15) is 4.79 Å². The number of ether oxygens (including phenoxy) is 1. The summed E-state index contributed by atoms with van der Waals surface area (Å²) in [4.78, 5) is 14.0. The molecule has 1 aliphatic carbocycles. The molecule has 21 heavy (non-hydrogen) atoms. The molecule has 1 aliphatic rings. The van der Waals surface area contributed by atoms with E-state index in [1.165, 1.54) is 38.4 Å². The van der Waals surface area contributed by atoms with Gasteiger partial charge in [-0.05, 0) is 49.8 Å². The Kier molecular flexibility index (Phi) is 5.80. The second kappa shape index (κ2) is 7.60. The number of rotatable bonds is 5. The van der Waals surface area contributed by atoms with E-state index in [-0.39, 0.29) is 5.97 Å². The van der Waals surface area contributed by atoms with E-state index in [2.05, 4.69) is 24.9 Å². The smallest absolute Gasteiger partial charge is 0.309 e. The van der Waals surface area contributed by atoms with Crippen molar-refractivity contribution in [2.45, 2.75) is 51.6 Å². The van der Waals surface area contributed by atoms with Crippen LogP contribution in [0.2, 0.25) is 0 Å². The van der Waals surface area contributed by atoms with Crippen LogP contribution in [-0.2, 0) is 22.5 Å². The fourth-order valence-electron chi connectivity index (χ4n) is 3.19. The molecule has 1 aromatic rings. The number of methoxy groups -OCH3 is 1. The molecule has 1 fully saturated rings. The van der Waals surface area contributed by atoms with Gasteiger partial charge in [-0.1, -0.05) is 31.2 Å². The lowest BCUT2D eigenvalue weighted by atomic mass is 9.86. The maximum Gasteiger partial charge on any atom is 0.309 e. The van der Waals surface area contributed by atoms with Crippen LogP contribution in [0.15, 0.2) is 24.3 Å². The minimum absolute atomic E-state index is 0.170. The average molecular weight is 289 g/mol. The van der Waals surface area contributed by atoms with Gasteiger partial charge in [-0.3, -0.25) is 9.69 Å². The largest absolute Gasteiger partial charge is 0.469 e. The molecule has 0 bridgehead atoms. The van der Waals surface area contributed by atoms with Crippen molar-refractivity contribution in [2.24, 2.45) is 5.92 Å². The predicted octanol–water partition coefficient (Wildman–Crippen LogP) is 3.41. The Morgan fingerprint density at radius 2 is 1.81 bits per heavy atom.